The lowest BCUT2D eigenvalue weighted by molar-refractivity contribution is 0.779. The average Bonchev–Trinajstić information content (AvgIpc) is 2.61. The summed E-state index contributed by atoms with van der Waals surface area (Å²) in [5, 5.41) is 11.2. The molecule has 0 radical (unpaired) electrons. The van der Waals surface area contributed by atoms with Crippen molar-refractivity contribution in [2.75, 3.05) is 0 Å². The van der Waals surface area contributed by atoms with Crippen molar-refractivity contribution in [3.8, 4) is 5.82 Å². The lowest BCUT2D eigenvalue weighted by Gasteiger charge is -2.00. The summed E-state index contributed by atoms with van der Waals surface area (Å²) in [7, 11) is 0. The zero-order chi connectivity index (χ0) is 10.8. The number of hydrogen-bond acceptors (Lipinski definition) is 3. The molecule has 2 aromatic heterocycles. The van der Waals surface area contributed by atoms with Crippen molar-refractivity contribution < 1.29 is 0 Å². The molecule has 0 saturated carbocycles. The van der Waals surface area contributed by atoms with Crippen LogP contribution in [-0.4, -0.2) is 20.0 Å². The van der Waals surface area contributed by atoms with Gasteiger partial charge in [-0.3, -0.25) is 5.10 Å². The van der Waals surface area contributed by atoms with Crippen molar-refractivity contribution in [3.63, 3.8) is 0 Å². The van der Waals surface area contributed by atoms with E-state index in [1.54, 1.807) is 4.68 Å². The quantitative estimate of drug-likeness (QED) is 0.789. The fourth-order valence-corrected chi connectivity index (χ4v) is 1.59. The third-order valence-electron chi connectivity index (χ3n) is 2.17. The van der Waals surface area contributed by atoms with Gasteiger partial charge in [0.15, 0.2) is 5.82 Å². The van der Waals surface area contributed by atoms with E-state index in [1.807, 2.05) is 25.1 Å². The van der Waals surface area contributed by atoms with Gasteiger partial charge < -0.3 is 0 Å². The third-order valence-corrected chi connectivity index (χ3v) is 2.47. The topological polar surface area (TPSA) is 46.5 Å². The number of aryl methyl sites for hydroxylation is 2. The van der Waals surface area contributed by atoms with Gasteiger partial charge >= 0.3 is 0 Å². The fraction of sp³-hybridized carbons (Fsp3) is 0.300. The standard InChI is InChI=1S/C10H12N4S/c1-3-8-6-10(15)14(13-8)9-5-4-7(2)11-12-9/h4-6,13H,3H2,1-2H3. The summed E-state index contributed by atoms with van der Waals surface area (Å²) < 4.78 is 2.49. The Labute approximate surface area is 93.0 Å². The summed E-state index contributed by atoms with van der Waals surface area (Å²) in [6, 6.07) is 5.75. The monoisotopic (exact) mass is 220 g/mol. The molecule has 0 bridgehead atoms. The van der Waals surface area contributed by atoms with Crippen LogP contribution >= 0.6 is 12.2 Å². The van der Waals surface area contributed by atoms with Crippen LogP contribution in [0, 0.1) is 11.6 Å². The molecule has 1 N–H and O–H groups in total. The smallest absolute Gasteiger partial charge is 0.175 e. The first-order valence-corrected chi connectivity index (χ1v) is 5.23. The number of rotatable bonds is 2. The van der Waals surface area contributed by atoms with E-state index < -0.39 is 0 Å². The van der Waals surface area contributed by atoms with Gasteiger partial charge in [-0.1, -0.05) is 19.1 Å². The van der Waals surface area contributed by atoms with Crippen LogP contribution < -0.4 is 0 Å². The second-order valence-electron chi connectivity index (χ2n) is 3.34. The first-order valence-electron chi connectivity index (χ1n) is 4.82. The highest BCUT2D eigenvalue weighted by Gasteiger charge is 2.02. The number of nitrogens with one attached hydrogen (secondary N) is 1. The van der Waals surface area contributed by atoms with E-state index in [4.69, 9.17) is 12.2 Å². The summed E-state index contributed by atoms with van der Waals surface area (Å²) >= 11 is 5.22. The molecular weight excluding hydrogens is 208 g/mol. The maximum Gasteiger partial charge on any atom is 0.175 e. The van der Waals surface area contributed by atoms with Crippen molar-refractivity contribution in [1.29, 1.82) is 0 Å². The van der Waals surface area contributed by atoms with Crippen LogP contribution in [0.2, 0.25) is 0 Å². The van der Waals surface area contributed by atoms with E-state index in [-0.39, 0.29) is 0 Å². The molecule has 4 nitrogen and oxygen atoms in total. The minimum absolute atomic E-state index is 0.727. The van der Waals surface area contributed by atoms with E-state index in [0.717, 1.165) is 28.3 Å². The SMILES string of the molecule is CCc1cc(=S)n(-c2ccc(C)nn2)[nH]1. The Hall–Kier alpha value is -1.49. The number of aromatic nitrogens is 4. The molecule has 0 aliphatic carbocycles. The summed E-state index contributed by atoms with van der Waals surface area (Å²) in [6.45, 7) is 3.98. The number of H-pyrrole nitrogens is 1. The van der Waals surface area contributed by atoms with Crippen molar-refractivity contribution in [3.05, 3.63) is 34.2 Å². The van der Waals surface area contributed by atoms with Crippen LogP contribution in [0.3, 0.4) is 0 Å². The normalized spacial score (nSPS) is 10.5. The molecule has 0 aliphatic heterocycles. The van der Waals surface area contributed by atoms with Gasteiger partial charge in [-0.05, 0) is 31.5 Å². The second kappa shape index (κ2) is 3.94. The van der Waals surface area contributed by atoms with E-state index >= 15 is 0 Å². The summed E-state index contributed by atoms with van der Waals surface area (Å²) in [5.41, 5.74) is 2.00. The largest absolute Gasteiger partial charge is 0.296 e. The van der Waals surface area contributed by atoms with Gasteiger partial charge in [-0.2, -0.15) is 5.10 Å². The van der Waals surface area contributed by atoms with E-state index in [1.165, 1.54) is 0 Å². The molecule has 0 spiro atoms. The molecule has 0 aromatic carbocycles. The first kappa shape index (κ1) is 10.0. The van der Waals surface area contributed by atoms with Gasteiger partial charge in [0.1, 0.15) is 4.64 Å². The maximum atomic E-state index is 5.22. The summed E-state index contributed by atoms with van der Waals surface area (Å²) in [4.78, 5) is 0. The molecule has 2 aromatic rings. The second-order valence-corrected chi connectivity index (χ2v) is 3.76. The van der Waals surface area contributed by atoms with E-state index in [2.05, 4.69) is 22.2 Å². The average molecular weight is 220 g/mol. The van der Waals surface area contributed by atoms with Gasteiger partial charge in [-0.15, -0.1) is 5.10 Å². The van der Waals surface area contributed by atoms with Crippen molar-refractivity contribution >= 4 is 12.2 Å². The predicted octanol–water partition coefficient (Wildman–Crippen LogP) is 2.20. The molecule has 0 fully saturated rings. The zero-order valence-electron chi connectivity index (χ0n) is 8.69. The van der Waals surface area contributed by atoms with E-state index in [9.17, 15) is 0 Å². The minimum atomic E-state index is 0.727. The van der Waals surface area contributed by atoms with Gasteiger partial charge in [0.25, 0.3) is 0 Å². The molecule has 5 heteroatoms. The molecule has 0 atom stereocenters. The molecule has 78 valence electrons. The predicted molar refractivity (Wildman–Crippen MR) is 60.7 cm³/mol. The number of hydrogen-bond donors (Lipinski definition) is 1. The summed E-state index contributed by atoms with van der Waals surface area (Å²) in [5.74, 6) is 0.727. The van der Waals surface area contributed by atoms with Crippen LogP contribution in [0.5, 0.6) is 0 Å². The van der Waals surface area contributed by atoms with Crippen molar-refractivity contribution in [1.82, 2.24) is 20.0 Å². The Morgan fingerprint density at radius 1 is 1.40 bits per heavy atom. The third kappa shape index (κ3) is 1.97. The molecule has 2 heterocycles. The van der Waals surface area contributed by atoms with Crippen molar-refractivity contribution in [2.24, 2.45) is 0 Å². The molecule has 15 heavy (non-hydrogen) atoms. The van der Waals surface area contributed by atoms with Gasteiger partial charge in [-0.25, -0.2) is 4.68 Å². The highest BCUT2D eigenvalue weighted by molar-refractivity contribution is 7.71. The van der Waals surface area contributed by atoms with Crippen LogP contribution in [0.25, 0.3) is 5.82 Å². The number of nitrogens with zero attached hydrogens (tertiary/aromatic N) is 3. The zero-order valence-corrected chi connectivity index (χ0v) is 9.51. The Bertz CT molecular complexity index is 509. The lowest BCUT2D eigenvalue weighted by atomic mass is 10.4. The van der Waals surface area contributed by atoms with E-state index in [0.29, 0.717) is 0 Å². The number of aromatic amines is 1. The lowest BCUT2D eigenvalue weighted by Crippen LogP contribution is -2.02. The van der Waals surface area contributed by atoms with Crippen LogP contribution in [0.4, 0.5) is 0 Å². The van der Waals surface area contributed by atoms with Crippen LogP contribution in [-0.2, 0) is 6.42 Å². The molecule has 0 aliphatic rings. The highest BCUT2D eigenvalue weighted by atomic mass is 32.1. The summed E-state index contributed by atoms with van der Waals surface area (Å²) in [6.07, 6.45) is 0.927. The van der Waals surface area contributed by atoms with Crippen LogP contribution in [0.15, 0.2) is 18.2 Å². The molecule has 0 unspecified atom stereocenters. The maximum absolute atomic E-state index is 5.22. The Kier molecular flexibility index (Phi) is 2.64. The molecule has 2 rings (SSSR count). The van der Waals surface area contributed by atoms with Gasteiger partial charge in [0.2, 0.25) is 0 Å². The van der Waals surface area contributed by atoms with Gasteiger partial charge in [0.05, 0.1) is 5.69 Å². The Morgan fingerprint density at radius 3 is 2.73 bits per heavy atom. The Balaban J connectivity index is 2.49. The molecular formula is C10H12N4S. The molecule has 0 amide bonds. The van der Waals surface area contributed by atoms with Gasteiger partial charge in [0, 0.05) is 5.69 Å². The fourth-order valence-electron chi connectivity index (χ4n) is 1.31. The minimum Gasteiger partial charge on any atom is -0.296 e. The Morgan fingerprint density at radius 2 is 2.20 bits per heavy atom. The molecule has 0 saturated heterocycles. The van der Waals surface area contributed by atoms with Crippen molar-refractivity contribution in [2.45, 2.75) is 20.3 Å². The highest BCUT2D eigenvalue weighted by Crippen LogP contribution is 2.06. The first-order chi connectivity index (χ1) is 7.20. The van der Waals surface area contributed by atoms with Crippen LogP contribution in [0.1, 0.15) is 18.3 Å².